The summed E-state index contributed by atoms with van der Waals surface area (Å²) < 4.78 is 0. The van der Waals surface area contributed by atoms with Crippen LogP contribution in [0, 0.1) is 13.8 Å². The zero-order valence-corrected chi connectivity index (χ0v) is 14.3. The summed E-state index contributed by atoms with van der Waals surface area (Å²) in [7, 11) is 0. The van der Waals surface area contributed by atoms with Crippen molar-refractivity contribution < 1.29 is 0 Å². The second-order valence-electron chi connectivity index (χ2n) is 5.82. The molecule has 1 rings (SSSR count). The minimum absolute atomic E-state index is 1.13. The standard InChI is InChI=1S/C22H30/c1-5-7-9-11-13-15-21-17-20(4)22(18-19(21)3)16-14-12-10-8-6-2/h5-10,17-18H,1-2,11-16H2,3-4H3/b9-7+,10-8+. The third-order valence-corrected chi connectivity index (χ3v) is 3.97. The maximum Gasteiger partial charge on any atom is -0.0273 e. The molecule has 0 aromatic heterocycles. The highest BCUT2D eigenvalue weighted by atomic mass is 14.1. The Morgan fingerprint density at radius 1 is 0.773 bits per heavy atom. The van der Waals surface area contributed by atoms with Gasteiger partial charge in [-0.15, -0.1) is 0 Å². The molecule has 22 heavy (non-hydrogen) atoms. The molecule has 0 unspecified atom stereocenters. The van der Waals surface area contributed by atoms with Crippen molar-refractivity contribution in [2.24, 2.45) is 0 Å². The first-order valence-electron chi connectivity index (χ1n) is 8.33. The molecule has 1 aromatic rings. The lowest BCUT2D eigenvalue weighted by Gasteiger charge is -2.12. The van der Waals surface area contributed by atoms with E-state index in [1.807, 2.05) is 24.3 Å². The smallest absolute Gasteiger partial charge is 0.0273 e. The Morgan fingerprint density at radius 2 is 1.18 bits per heavy atom. The topological polar surface area (TPSA) is 0 Å². The van der Waals surface area contributed by atoms with Gasteiger partial charge in [-0.1, -0.05) is 61.7 Å². The molecule has 0 bridgehead atoms. The molecule has 0 aliphatic carbocycles. The summed E-state index contributed by atoms with van der Waals surface area (Å²) in [6.45, 7) is 11.9. The van der Waals surface area contributed by atoms with Crippen LogP contribution in [-0.2, 0) is 12.8 Å². The highest BCUT2D eigenvalue weighted by Crippen LogP contribution is 2.20. The maximum atomic E-state index is 3.70. The van der Waals surface area contributed by atoms with Crippen molar-refractivity contribution >= 4 is 0 Å². The first kappa shape index (κ1) is 18.2. The predicted octanol–water partition coefficient (Wildman–Crippen LogP) is 6.43. The van der Waals surface area contributed by atoms with Gasteiger partial charge in [-0.25, -0.2) is 0 Å². The van der Waals surface area contributed by atoms with Crippen molar-refractivity contribution in [3.8, 4) is 0 Å². The first-order chi connectivity index (χ1) is 10.7. The van der Waals surface area contributed by atoms with E-state index in [1.54, 1.807) is 0 Å². The van der Waals surface area contributed by atoms with Crippen molar-refractivity contribution in [2.75, 3.05) is 0 Å². The van der Waals surface area contributed by atoms with Gasteiger partial charge in [-0.05, 0) is 74.6 Å². The number of rotatable bonds is 10. The molecule has 0 fully saturated rings. The molecule has 0 spiro atoms. The maximum absolute atomic E-state index is 3.70. The van der Waals surface area contributed by atoms with Crippen LogP contribution in [0.3, 0.4) is 0 Å². The average Bonchev–Trinajstić information content (AvgIpc) is 2.51. The van der Waals surface area contributed by atoms with Gasteiger partial charge in [0.2, 0.25) is 0 Å². The molecule has 0 aliphatic heterocycles. The molecular formula is C22H30. The van der Waals surface area contributed by atoms with Gasteiger partial charge >= 0.3 is 0 Å². The Bertz CT molecular complexity index is 479. The number of unbranched alkanes of at least 4 members (excludes halogenated alkanes) is 2. The Hall–Kier alpha value is -1.82. The molecule has 0 aliphatic rings. The van der Waals surface area contributed by atoms with Gasteiger partial charge < -0.3 is 0 Å². The molecule has 118 valence electrons. The Morgan fingerprint density at radius 3 is 1.55 bits per heavy atom. The second kappa shape index (κ2) is 10.8. The summed E-state index contributed by atoms with van der Waals surface area (Å²) in [6.07, 6.45) is 19.1. The second-order valence-corrected chi connectivity index (χ2v) is 5.82. The van der Waals surface area contributed by atoms with Crippen LogP contribution >= 0.6 is 0 Å². The fraction of sp³-hybridized carbons (Fsp3) is 0.364. The van der Waals surface area contributed by atoms with E-state index in [9.17, 15) is 0 Å². The average molecular weight is 294 g/mol. The van der Waals surface area contributed by atoms with Crippen molar-refractivity contribution in [3.63, 3.8) is 0 Å². The molecule has 0 nitrogen and oxygen atoms in total. The van der Waals surface area contributed by atoms with Crippen LogP contribution in [-0.4, -0.2) is 0 Å². The fourth-order valence-corrected chi connectivity index (χ4v) is 2.68. The summed E-state index contributed by atoms with van der Waals surface area (Å²) in [4.78, 5) is 0. The van der Waals surface area contributed by atoms with Crippen LogP contribution in [0.5, 0.6) is 0 Å². The van der Waals surface area contributed by atoms with E-state index in [0.29, 0.717) is 0 Å². The minimum Gasteiger partial charge on any atom is -0.0991 e. The SMILES string of the molecule is C=C/C=C/CCCc1cc(C)c(CCC/C=C/C=C)cc1C. The van der Waals surface area contributed by atoms with Crippen LogP contribution in [0.25, 0.3) is 0 Å². The largest absolute Gasteiger partial charge is 0.0991 e. The van der Waals surface area contributed by atoms with Crippen LogP contribution in [0.4, 0.5) is 0 Å². The molecule has 0 atom stereocenters. The molecule has 0 N–H and O–H groups in total. The van der Waals surface area contributed by atoms with Gasteiger partial charge in [0.15, 0.2) is 0 Å². The van der Waals surface area contributed by atoms with Crippen molar-refractivity contribution in [1.82, 2.24) is 0 Å². The molecule has 0 heterocycles. The molecule has 0 radical (unpaired) electrons. The number of allylic oxidation sites excluding steroid dienone is 6. The lowest BCUT2D eigenvalue weighted by atomic mass is 9.94. The summed E-state index contributed by atoms with van der Waals surface area (Å²) >= 11 is 0. The van der Waals surface area contributed by atoms with Gasteiger partial charge in [-0.2, -0.15) is 0 Å². The predicted molar refractivity (Wildman–Crippen MR) is 100 cm³/mol. The van der Waals surface area contributed by atoms with Gasteiger partial charge in [0.1, 0.15) is 0 Å². The van der Waals surface area contributed by atoms with E-state index in [0.717, 1.165) is 25.7 Å². The van der Waals surface area contributed by atoms with Crippen LogP contribution in [0.15, 0.2) is 61.7 Å². The monoisotopic (exact) mass is 294 g/mol. The minimum atomic E-state index is 1.13. The Balaban J connectivity index is 2.55. The van der Waals surface area contributed by atoms with Crippen molar-refractivity contribution in [3.05, 3.63) is 84.0 Å². The van der Waals surface area contributed by atoms with E-state index in [4.69, 9.17) is 0 Å². The Labute approximate surface area is 137 Å². The number of aryl methyl sites for hydroxylation is 4. The van der Waals surface area contributed by atoms with E-state index in [2.05, 4.69) is 51.3 Å². The normalized spacial score (nSPS) is 11.4. The highest BCUT2D eigenvalue weighted by Gasteiger charge is 2.04. The highest BCUT2D eigenvalue weighted by molar-refractivity contribution is 5.37. The fourth-order valence-electron chi connectivity index (χ4n) is 2.68. The third-order valence-electron chi connectivity index (χ3n) is 3.97. The Kier molecular flexibility index (Phi) is 8.98. The zero-order valence-electron chi connectivity index (χ0n) is 14.3. The quantitative estimate of drug-likeness (QED) is 0.344. The summed E-state index contributed by atoms with van der Waals surface area (Å²) in [5, 5.41) is 0. The van der Waals surface area contributed by atoms with Gasteiger partial charge in [0, 0.05) is 0 Å². The van der Waals surface area contributed by atoms with Crippen LogP contribution < -0.4 is 0 Å². The molecule has 1 aromatic carbocycles. The van der Waals surface area contributed by atoms with Gasteiger partial charge in [0.05, 0.1) is 0 Å². The van der Waals surface area contributed by atoms with E-state index < -0.39 is 0 Å². The lowest BCUT2D eigenvalue weighted by molar-refractivity contribution is 0.820. The molecule has 0 heteroatoms. The van der Waals surface area contributed by atoms with Crippen LogP contribution in [0.1, 0.15) is 47.9 Å². The summed E-state index contributed by atoms with van der Waals surface area (Å²) in [6, 6.07) is 4.78. The molecular weight excluding hydrogens is 264 g/mol. The number of hydrogen-bond acceptors (Lipinski definition) is 0. The van der Waals surface area contributed by atoms with E-state index >= 15 is 0 Å². The first-order valence-corrected chi connectivity index (χ1v) is 8.33. The molecule has 0 amide bonds. The number of benzene rings is 1. The van der Waals surface area contributed by atoms with Crippen molar-refractivity contribution in [2.45, 2.75) is 52.4 Å². The number of hydrogen-bond donors (Lipinski definition) is 0. The summed E-state index contributed by atoms with van der Waals surface area (Å²) in [5.41, 5.74) is 5.88. The van der Waals surface area contributed by atoms with Crippen molar-refractivity contribution in [1.29, 1.82) is 0 Å². The zero-order chi connectivity index (χ0) is 16.2. The van der Waals surface area contributed by atoms with Gasteiger partial charge in [-0.3, -0.25) is 0 Å². The third kappa shape index (κ3) is 6.76. The molecule has 0 saturated heterocycles. The molecule has 0 saturated carbocycles. The summed E-state index contributed by atoms with van der Waals surface area (Å²) in [5.74, 6) is 0. The van der Waals surface area contributed by atoms with E-state index in [1.165, 1.54) is 35.1 Å². The van der Waals surface area contributed by atoms with E-state index in [-0.39, 0.29) is 0 Å². The lowest BCUT2D eigenvalue weighted by Crippen LogP contribution is -1.97. The van der Waals surface area contributed by atoms with Crippen LogP contribution in [0.2, 0.25) is 0 Å². The van der Waals surface area contributed by atoms with Gasteiger partial charge in [0.25, 0.3) is 0 Å².